The van der Waals surface area contributed by atoms with Crippen LogP contribution in [0.4, 0.5) is 20.2 Å². The van der Waals surface area contributed by atoms with E-state index >= 15 is 0 Å². The van der Waals surface area contributed by atoms with E-state index < -0.39 is 38.0 Å². The highest BCUT2D eigenvalue weighted by Gasteiger charge is 2.33. The second-order valence-electron chi connectivity index (χ2n) is 13.1. The SMILES string of the molecule is COC(=O)c1ccc(CN(c2cccnc2)S(=O)(=O)N2CCCCC2)c(F)c1.NCC(=O)c1ccc(CN(c2cccnc2)S(=O)(=O)N2CCCCC2)c(F)c1. The van der Waals surface area contributed by atoms with E-state index in [0.717, 1.165) is 59.3 Å². The summed E-state index contributed by atoms with van der Waals surface area (Å²) < 4.78 is 92.0. The van der Waals surface area contributed by atoms with Crippen molar-refractivity contribution in [1.29, 1.82) is 0 Å². The van der Waals surface area contributed by atoms with Crippen molar-refractivity contribution in [3.05, 3.63) is 119 Å². The van der Waals surface area contributed by atoms with Crippen molar-refractivity contribution in [2.24, 2.45) is 5.73 Å². The van der Waals surface area contributed by atoms with Gasteiger partial charge in [-0.15, -0.1) is 0 Å². The fraction of sp³-hybridized carbons (Fsp3) is 0.368. The third kappa shape index (κ3) is 10.3. The van der Waals surface area contributed by atoms with Gasteiger partial charge >= 0.3 is 26.4 Å². The Kier molecular flexibility index (Phi) is 14.6. The van der Waals surface area contributed by atoms with E-state index in [1.807, 2.05) is 0 Å². The minimum absolute atomic E-state index is 0.0653. The lowest BCUT2D eigenvalue weighted by Crippen LogP contribution is -2.46. The fourth-order valence-electron chi connectivity index (χ4n) is 6.28. The molecule has 2 N–H and O–H groups in total. The molecule has 300 valence electrons. The number of nitrogens with two attached hydrogens (primary N) is 1. The molecule has 2 fully saturated rings. The number of benzene rings is 2. The van der Waals surface area contributed by atoms with E-state index in [2.05, 4.69) is 14.7 Å². The summed E-state index contributed by atoms with van der Waals surface area (Å²) in [4.78, 5) is 31.2. The van der Waals surface area contributed by atoms with Gasteiger partial charge in [-0.3, -0.25) is 23.4 Å². The number of hydrogen-bond acceptors (Lipinski definition) is 10. The predicted octanol–water partition coefficient (Wildman–Crippen LogP) is 4.84. The van der Waals surface area contributed by atoms with Gasteiger partial charge in [-0.2, -0.15) is 25.4 Å². The van der Waals surface area contributed by atoms with Crippen molar-refractivity contribution >= 4 is 43.5 Å². The molecule has 2 saturated heterocycles. The quantitative estimate of drug-likeness (QED) is 0.145. The predicted molar refractivity (Wildman–Crippen MR) is 207 cm³/mol. The Bertz CT molecular complexity index is 2020. The Hall–Kier alpha value is -4.88. The number of hydrogen-bond donors (Lipinski definition) is 1. The molecule has 18 heteroatoms. The molecular weight excluding hydrogens is 769 g/mol. The molecule has 4 heterocycles. The van der Waals surface area contributed by atoms with Gasteiger partial charge in [0, 0.05) is 55.3 Å². The van der Waals surface area contributed by atoms with Crippen LogP contribution < -0.4 is 14.3 Å². The fourth-order valence-corrected chi connectivity index (χ4v) is 9.63. The summed E-state index contributed by atoms with van der Waals surface area (Å²) in [6.45, 7) is 1.11. The minimum atomic E-state index is -3.85. The van der Waals surface area contributed by atoms with E-state index in [-0.39, 0.29) is 47.7 Å². The van der Waals surface area contributed by atoms with Gasteiger partial charge in [0.1, 0.15) is 11.6 Å². The molecule has 0 aliphatic carbocycles. The third-order valence-electron chi connectivity index (χ3n) is 9.37. The van der Waals surface area contributed by atoms with Crippen LogP contribution in [0.3, 0.4) is 0 Å². The maximum Gasteiger partial charge on any atom is 0.337 e. The molecule has 0 unspecified atom stereocenters. The highest BCUT2D eigenvalue weighted by molar-refractivity contribution is 7.90. The molecule has 0 spiro atoms. The lowest BCUT2D eigenvalue weighted by Gasteiger charge is -2.33. The molecular formula is C38H45F2N7O7S2. The molecule has 4 aromatic rings. The van der Waals surface area contributed by atoms with Crippen molar-refractivity contribution in [2.75, 3.05) is 48.4 Å². The second-order valence-corrected chi connectivity index (χ2v) is 16.8. The van der Waals surface area contributed by atoms with Crippen molar-refractivity contribution < 1.29 is 39.9 Å². The van der Waals surface area contributed by atoms with Gasteiger partial charge in [0.25, 0.3) is 0 Å². The number of piperidine rings is 2. The molecule has 2 aliphatic rings. The van der Waals surface area contributed by atoms with Gasteiger partial charge in [-0.25, -0.2) is 13.6 Å². The number of pyridine rings is 2. The molecule has 56 heavy (non-hydrogen) atoms. The van der Waals surface area contributed by atoms with E-state index in [0.29, 0.717) is 37.6 Å². The van der Waals surface area contributed by atoms with Gasteiger partial charge < -0.3 is 10.5 Å². The molecule has 0 radical (unpaired) electrons. The van der Waals surface area contributed by atoms with Crippen molar-refractivity contribution in [3.8, 4) is 0 Å². The van der Waals surface area contributed by atoms with E-state index in [1.54, 1.807) is 36.7 Å². The van der Waals surface area contributed by atoms with Gasteiger partial charge in [-0.1, -0.05) is 31.0 Å². The zero-order valence-corrected chi connectivity index (χ0v) is 32.6. The topological polar surface area (TPSA) is 176 Å². The number of aromatic nitrogens is 2. The average molecular weight is 814 g/mol. The van der Waals surface area contributed by atoms with Crippen LogP contribution in [0.15, 0.2) is 85.5 Å². The third-order valence-corrected chi connectivity index (χ3v) is 13.2. The Morgan fingerprint density at radius 1 is 0.696 bits per heavy atom. The molecule has 0 amide bonds. The first-order valence-corrected chi connectivity index (χ1v) is 20.9. The first kappa shape index (κ1) is 42.3. The summed E-state index contributed by atoms with van der Waals surface area (Å²) in [6.07, 6.45) is 11.1. The highest BCUT2D eigenvalue weighted by atomic mass is 32.2. The molecule has 6 rings (SSSR count). The normalized spacial score (nSPS) is 15.3. The number of ketones is 1. The summed E-state index contributed by atoms with van der Waals surface area (Å²) in [6, 6.07) is 14.4. The number of carbonyl (C=O) groups is 2. The summed E-state index contributed by atoms with van der Waals surface area (Å²) in [5, 5.41) is 0. The zero-order chi connectivity index (χ0) is 40.3. The first-order valence-electron chi connectivity index (χ1n) is 18.1. The first-order chi connectivity index (χ1) is 26.9. The number of esters is 1. The van der Waals surface area contributed by atoms with Crippen LogP contribution in [0.5, 0.6) is 0 Å². The molecule has 0 atom stereocenters. The number of anilines is 2. The highest BCUT2D eigenvalue weighted by Crippen LogP contribution is 2.28. The number of carbonyl (C=O) groups excluding carboxylic acids is 2. The number of ether oxygens (including phenoxy) is 1. The van der Waals surface area contributed by atoms with E-state index in [4.69, 9.17) is 5.73 Å². The summed E-state index contributed by atoms with van der Waals surface area (Å²) in [5.41, 5.74) is 6.57. The monoisotopic (exact) mass is 813 g/mol. The molecule has 0 bridgehead atoms. The van der Waals surface area contributed by atoms with Crippen LogP contribution in [0, 0.1) is 11.6 Å². The maximum atomic E-state index is 14.6. The zero-order valence-electron chi connectivity index (χ0n) is 31.0. The van der Waals surface area contributed by atoms with Gasteiger partial charge in [0.05, 0.1) is 56.1 Å². The van der Waals surface area contributed by atoms with E-state index in [1.165, 1.54) is 52.4 Å². The minimum Gasteiger partial charge on any atom is -0.465 e. The van der Waals surface area contributed by atoms with Gasteiger partial charge in [-0.05, 0) is 68.1 Å². The van der Waals surface area contributed by atoms with Crippen LogP contribution in [-0.4, -0.2) is 87.0 Å². The molecule has 14 nitrogen and oxygen atoms in total. The van der Waals surface area contributed by atoms with Crippen molar-refractivity contribution in [1.82, 2.24) is 18.6 Å². The largest absolute Gasteiger partial charge is 0.465 e. The molecule has 2 aromatic heterocycles. The van der Waals surface area contributed by atoms with Crippen LogP contribution in [0.25, 0.3) is 0 Å². The number of methoxy groups -OCH3 is 1. The van der Waals surface area contributed by atoms with Crippen LogP contribution in [-0.2, 0) is 38.2 Å². The number of rotatable bonds is 13. The van der Waals surface area contributed by atoms with Gasteiger partial charge in [0.15, 0.2) is 5.78 Å². The summed E-state index contributed by atoms with van der Waals surface area (Å²) in [5.74, 6) is -2.36. The second kappa shape index (κ2) is 19.3. The Labute approximate surface area is 326 Å². The Morgan fingerprint density at radius 3 is 1.50 bits per heavy atom. The van der Waals surface area contributed by atoms with Crippen LogP contribution >= 0.6 is 0 Å². The summed E-state index contributed by atoms with van der Waals surface area (Å²) in [7, 11) is -6.49. The average Bonchev–Trinajstić information content (AvgIpc) is 3.23. The van der Waals surface area contributed by atoms with Crippen LogP contribution in [0.1, 0.15) is 70.4 Å². The van der Waals surface area contributed by atoms with E-state index in [9.17, 15) is 35.2 Å². The smallest absolute Gasteiger partial charge is 0.337 e. The number of halogens is 2. The van der Waals surface area contributed by atoms with Crippen molar-refractivity contribution in [3.63, 3.8) is 0 Å². The lowest BCUT2D eigenvalue weighted by atomic mass is 10.1. The summed E-state index contributed by atoms with van der Waals surface area (Å²) >= 11 is 0. The standard InChI is InChI=1S/C19H23FN4O3S.C19H22FN3O4S/c20-18-11-15(19(25)12-21)6-7-16(18)14-24(17-5-4-8-22-13-17)28(26,27)23-9-2-1-3-10-23;1-27-19(24)15-7-8-16(18(20)12-15)14-23(17-6-5-9-21-13-17)28(25,26)22-10-3-2-4-11-22/h4-8,11,13H,1-3,9-10,12,14,21H2;5-9,12-13H,2-4,10-11,14H2,1H3. The molecule has 2 aromatic carbocycles. The Morgan fingerprint density at radius 2 is 1.12 bits per heavy atom. The Balaban J connectivity index is 0.000000214. The molecule has 2 aliphatic heterocycles. The van der Waals surface area contributed by atoms with Crippen LogP contribution in [0.2, 0.25) is 0 Å². The van der Waals surface area contributed by atoms with Gasteiger partial charge in [0.2, 0.25) is 0 Å². The van der Waals surface area contributed by atoms with Crippen molar-refractivity contribution in [2.45, 2.75) is 51.6 Å². The maximum absolute atomic E-state index is 14.6. The number of nitrogens with zero attached hydrogens (tertiary/aromatic N) is 6. The molecule has 0 saturated carbocycles. The number of Topliss-reactive ketones (excluding diaryl/α,β-unsaturated/α-hetero) is 1. The lowest BCUT2D eigenvalue weighted by molar-refractivity contribution is 0.0600.